The van der Waals surface area contributed by atoms with Gasteiger partial charge in [0, 0.05) is 26.2 Å². The lowest BCUT2D eigenvalue weighted by Gasteiger charge is -2.30. The van der Waals surface area contributed by atoms with Crippen LogP contribution in [-0.2, 0) is 15.0 Å². The van der Waals surface area contributed by atoms with Gasteiger partial charge in [-0.3, -0.25) is 9.59 Å². The molecule has 4 rings (SSSR count). The van der Waals surface area contributed by atoms with Crippen LogP contribution in [0.15, 0.2) is 24.3 Å². The first-order chi connectivity index (χ1) is 15.6. The predicted octanol–water partition coefficient (Wildman–Crippen LogP) is 4.64. The van der Waals surface area contributed by atoms with E-state index in [0.717, 1.165) is 87.8 Å². The molecule has 0 spiro atoms. The summed E-state index contributed by atoms with van der Waals surface area (Å²) in [6.45, 7) is 2.95. The summed E-state index contributed by atoms with van der Waals surface area (Å²) in [5.41, 5.74) is -0.409. The van der Waals surface area contributed by atoms with E-state index < -0.39 is 5.41 Å². The average molecular weight is 453 g/mol. The molecular weight excluding hydrogens is 420 g/mol. The fourth-order valence-electron chi connectivity index (χ4n) is 4.80. The molecule has 2 saturated heterocycles. The molecular formula is C25H32N4O2S. The van der Waals surface area contributed by atoms with E-state index in [9.17, 15) is 14.9 Å². The van der Waals surface area contributed by atoms with Crippen LogP contribution in [0, 0.1) is 11.3 Å². The molecule has 170 valence electrons. The van der Waals surface area contributed by atoms with E-state index in [2.05, 4.69) is 6.07 Å². The lowest BCUT2D eigenvalue weighted by atomic mass is 9.82. The molecule has 2 aromatic rings. The third kappa shape index (κ3) is 5.12. The van der Waals surface area contributed by atoms with E-state index in [0.29, 0.717) is 5.01 Å². The van der Waals surface area contributed by atoms with Crippen molar-refractivity contribution in [2.45, 2.75) is 69.6 Å². The molecule has 0 bridgehead atoms. The number of fused-ring (bicyclic) bond motifs is 1. The smallest absolute Gasteiger partial charge is 0.224 e. The number of aromatic nitrogens is 1. The van der Waals surface area contributed by atoms with E-state index >= 15 is 0 Å². The highest BCUT2D eigenvalue weighted by Crippen LogP contribution is 2.38. The first-order valence-electron chi connectivity index (χ1n) is 11.9. The van der Waals surface area contributed by atoms with Crippen molar-refractivity contribution in [1.29, 1.82) is 5.26 Å². The SMILES string of the molecule is N#CC(CC(=O)N1CCCCCC1)(CC(=O)N1CCCCCC1)c1nc2ccccc2s1. The van der Waals surface area contributed by atoms with Gasteiger partial charge in [-0.05, 0) is 37.8 Å². The number of benzene rings is 1. The van der Waals surface area contributed by atoms with Crippen LogP contribution in [0.2, 0.25) is 0 Å². The molecule has 7 heteroatoms. The molecule has 0 atom stereocenters. The number of likely N-dealkylation sites (tertiary alicyclic amines) is 2. The van der Waals surface area contributed by atoms with Gasteiger partial charge in [0.25, 0.3) is 0 Å². The summed E-state index contributed by atoms with van der Waals surface area (Å²) >= 11 is 1.44. The van der Waals surface area contributed by atoms with E-state index in [1.54, 1.807) is 0 Å². The first kappa shape index (κ1) is 22.7. The lowest BCUT2D eigenvalue weighted by molar-refractivity contribution is -0.134. The molecule has 2 fully saturated rings. The summed E-state index contributed by atoms with van der Waals surface area (Å²) < 4.78 is 0.978. The third-order valence-corrected chi connectivity index (χ3v) is 7.98. The number of carbonyl (C=O) groups excluding carboxylic acids is 2. The Kier molecular flexibility index (Phi) is 7.41. The minimum atomic E-state index is -1.23. The zero-order chi connectivity index (χ0) is 22.4. The molecule has 6 nitrogen and oxygen atoms in total. The molecule has 2 aliphatic rings. The minimum Gasteiger partial charge on any atom is -0.343 e. The lowest BCUT2D eigenvalue weighted by Crippen LogP contribution is -2.42. The Morgan fingerprint density at radius 1 is 0.875 bits per heavy atom. The maximum Gasteiger partial charge on any atom is 0.224 e. The number of nitriles is 1. The number of hydrogen-bond donors (Lipinski definition) is 0. The van der Waals surface area contributed by atoms with Crippen molar-refractivity contribution in [3.8, 4) is 6.07 Å². The highest BCUT2D eigenvalue weighted by atomic mass is 32.1. The zero-order valence-corrected chi connectivity index (χ0v) is 19.5. The summed E-state index contributed by atoms with van der Waals surface area (Å²) in [5.74, 6) is -0.0623. The van der Waals surface area contributed by atoms with Crippen molar-refractivity contribution >= 4 is 33.4 Å². The van der Waals surface area contributed by atoms with E-state index in [1.807, 2.05) is 34.1 Å². The van der Waals surface area contributed by atoms with Crippen molar-refractivity contribution in [3.05, 3.63) is 29.3 Å². The molecule has 2 aliphatic heterocycles. The van der Waals surface area contributed by atoms with Crippen LogP contribution >= 0.6 is 11.3 Å². The topological polar surface area (TPSA) is 77.3 Å². The normalized spacial score (nSPS) is 18.1. The monoisotopic (exact) mass is 452 g/mol. The van der Waals surface area contributed by atoms with Gasteiger partial charge in [0.2, 0.25) is 11.8 Å². The maximum absolute atomic E-state index is 13.4. The van der Waals surface area contributed by atoms with Crippen molar-refractivity contribution in [1.82, 2.24) is 14.8 Å². The Morgan fingerprint density at radius 3 is 1.84 bits per heavy atom. The summed E-state index contributed by atoms with van der Waals surface area (Å²) in [7, 11) is 0. The molecule has 2 amide bonds. The molecule has 0 saturated carbocycles. The van der Waals surface area contributed by atoms with E-state index in [4.69, 9.17) is 4.98 Å². The van der Waals surface area contributed by atoms with Gasteiger partial charge in [0.15, 0.2) is 0 Å². The molecule has 3 heterocycles. The number of carbonyl (C=O) groups is 2. The second-order valence-electron chi connectivity index (χ2n) is 9.12. The van der Waals surface area contributed by atoms with Gasteiger partial charge in [0.1, 0.15) is 10.4 Å². The maximum atomic E-state index is 13.4. The minimum absolute atomic E-state index is 0.0168. The summed E-state index contributed by atoms with van der Waals surface area (Å²) in [5, 5.41) is 11.0. The fourth-order valence-corrected chi connectivity index (χ4v) is 5.90. The second kappa shape index (κ2) is 10.4. The van der Waals surface area contributed by atoms with Crippen LogP contribution < -0.4 is 0 Å². The van der Waals surface area contributed by atoms with E-state index in [1.165, 1.54) is 11.3 Å². The standard InChI is InChI=1S/C25H32N4O2S/c26-19-25(17-22(30)28-13-7-1-2-8-14-28,18-23(31)29-15-9-3-4-10-16-29)24-27-20-11-5-6-12-21(20)32-24/h5-6,11-12H,1-4,7-10,13-18H2. The number of rotatable bonds is 5. The molecule has 1 aromatic heterocycles. The number of amides is 2. The van der Waals surface area contributed by atoms with Crippen LogP contribution in [0.5, 0.6) is 0 Å². The van der Waals surface area contributed by atoms with Crippen LogP contribution in [0.4, 0.5) is 0 Å². The average Bonchev–Trinajstić information content (AvgIpc) is 2.98. The number of nitrogens with zero attached hydrogens (tertiary/aromatic N) is 4. The Bertz CT molecular complexity index is 912. The highest BCUT2D eigenvalue weighted by Gasteiger charge is 2.42. The van der Waals surface area contributed by atoms with Crippen LogP contribution in [-0.4, -0.2) is 52.8 Å². The first-order valence-corrected chi connectivity index (χ1v) is 12.8. The van der Waals surface area contributed by atoms with Crippen LogP contribution in [0.25, 0.3) is 10.2 Å². The van der Waals surface area contributed by atoms with Crippen LogP contribution in [0.1, 0.15) is 69.2 Å². The van der Waals surface area contributed by atoms with Crippen molar-refractivity contribution < 1.29 is 9.59 Å². The molecule has 0 aliphatic carbocycles. The largest absolute Gasteiger partial charge is 0.343 e. The summed E-state index contributed by atoms with van der Waals surface area (Å²) in [6.07, 6.45) is 8.58. The van der Waals surface area contributed by atoms with E-state index in [-0.39, 0.29) is 24.7 Å². The Hall–Kier alpha value is -2.46. The number of thiazole rings is 1. The molecule has 0 radical (unpaired) electrons. The Morgan fingerprint density at radius 2 is 1.38 bits per heavy atom. The molecule has 32 heavy (non-hydrogen) atoms. The highest BCUT2D eigenvalue weighted by molar-refractivity contribution is 7.18. The third-order valence-electron chi connectivity index (χ3n) is 6.74. The Balaban J connectivity index is 1.64. The van der Waals surface area contributed by atoms with Gasteiger partial charge in [-0.1, -0.05) is 37.8 Å². The van der Waals surface area contributed by atoms with Gasteiger partial charge < -0.3 is 9.80 Å². The van der Waals surface area contributed by atoms with Crippen molar-refractivity contribution in [3.63, 3.8) is 0 Å². The summed E-state index contributed by atoms with van der Waals surface area (Å²) in [6, 6.07) is 10.2. The van der Waals surface area contributed by atoms with Crippen molar-refractivity contribution in [2.24, 2.45) is 0 Å². The fraction of sp³-hybridized carbons (Fsp3) is 0.600. The Labute approximate surface area is 194 Å². The van der Waals surface area contributed by atoms with Crippen LogP contribution in [0.3, 0.4) is 0 Å². The summed E-state index contributed by atoms with van der Waals surface area (Å²) in [4.78, 5) is 35.2. The quantitative estimate of drug-likeness (QED) is 0.662. The molecule has 0 unspecified atom stereocenters. The molecule has 0 N–H and O–H groups in total. The molecule has 1 aromatic carbocycles. The number of hydrogen-bond acceptors (Lipinski definition) is 5. The van der Waals surface area contributed by atoms with Gasteiger partial charge in [-0.15, -0.1) is 11.3 Å². The zero-order valence-electron chi connectivity index (χ0n) is 18.7. The predicted molar refractivity (Wildman–Crippen MR) is 126 cm³/mol. The van der Waals surface area contributed by atoms with Gasteiger partial charge >= 0.3 is 0 Å². The van der Waals surface area contributed by atoms with Gasteiger partial charge in [-0.25, -0.2) is 4.98 Å². The number of para-hydroxylation sites is 1. The van der Waals surface area contributed by atoms with Crippen molar-refractivity contribution in [2.75, 3.05) is 26.2 Å². The second-order valence-corrected chi connectivity index (χ2v) is 10.2. The van der Waals surface area contributed by atoms with Gasteiger partial charge in [-0.2, -0.15) is 5.26 Å². The van der Waals surface area contributed by atoms with Gasteiger partial charge in [0.05, 0.1) is 29.1 Å².